The maximum Gasteiger partial charge on any atom is 0.251 e. The first kappa shape index (κ1) is 20.4. The van der Waals surface area contributed by atoms with Crippen molar-refractivity contribution in [2.75, 3.05) is 26.4 Å². The first-order valence-corrected chi connectivity index (χ1v) is 9.38. The van der Waals surface area contributed by atoms with Crippen LogP contribution < -0.4 is 10.6 Å². The summed E-state index contributed by atoms with van der Waals surface area (Å²) in [5.74, 6) is 0.296. The zero-order valence-corrected chi connectivity index (χ0v) is 15.8. The van der Waals surface area contributed by atoms with Gasteiger partial charge >= 0.3 is 0 Å². The number of amides is 2. The summed E-state index contributed by atoms with van der Waals surface area (Å²) in [5.41, 5.74) is 1.49. The van der Waals surface area contributed by atoms with Gasteiger partial charge < -0.3 is 20.1 Å². The summed E-state index contributed by atoms with van der Waals surface area (Å²) in [7, 11) is 0. The van der Waals surface area contributed by atoms with Crippen LogP contribution >= 0.6 is 0 Å². The smallest absolute Gasteiger partial charge is 0.251 e. The van der Waals surface area contributed by atoms with Gasteiger partial charge in [0.1, 0.15) is 0 Å². The van der Waals surface area contributed by atoms with Crippen molar-refractivity contribution in [1.29, 1.82) is 0 Å². The third-order valence-electron chi connectivity index (χ3n) is 4.12. The van der Waals surface area contributed by atoms with Crippen molar-refractivity contribution in [2.45, 2.75) is 45.8 Å². The molecule has 2 amide bonds. The molecule has 6 nitrogen and oxygen atoms in total. The number of hydrogen-bond acceptors (Lipinski definition) is 4. The summed E-state index contributed by atoms with van der Waals surface area (Å²) < 4.78 is 10.9. The molecule has 1 aliphatic rings. The molecule has 0 aromatic heterocycles. The molecule has 144 valence electrons. The average Bonchev–Trinajstić information content (AvgIpc) is 3.15. The number of carbonyl (C=O) groups is 2. The first-order chi connectivity index (χ1) is 12.5. The van der Waals surface area contributed by atoms with E-state index in [1.54, 1.807) is 12.1 Å². The monoisotopic (exact) mass is 362 g/mol. The number of nitrogens with one attached hydrogen (secondary N) is 2. The van der Waals surface area contributed by atoms with Gasteiger partial charge in [0.15, 0.2) is 0 Å². The fourth-order valence-corrected chi connectivity index (χ4v) is 2.71. The highest BCUT2D eigenvalue weighted by molar-refractivity contribution is 5.94. The van der Waals surface area contributed by atoms with E-state index < -0.39 is 0 Å². The number of carbonyl (C=O) groups excluding carboxylic acids is 2. The summed E-state index contributed by atoms with van der Waals surface area (Å²) in [4.78, 5) is 24.1. The Balaban J connectivity index is 1.71. The van der Waals surface area contributed by atoms with E-state index in [0.29, 0.717) is 44.2 Å². The second-order valence-electron chi connectivity index (χ2n) is 7.04. The van der Waals surface area contributed by atoms with Crippen molar-refractivity contribution in [1.82, 2.24) is 10.6 Å². The Hall–Kier alpha value is -1.92. The molecule has 1 fully saturated rings. The van der Waals surface area contributed by atoms with Gasteiger partial charge in [-0.3, -0.25) is 9.59 Å². The van der Waals surface area contributed by atoms with Crippen molar-refractivity contribution in [3.8, 4) is 0 Å². The molecule has 0 radical (unpaired) electrons. The van der Waals surface area contributed by atoms with Crippen molar-refractivity contribution in [3.05, 3.63) is 35.4 Å². The van der Waals surface area contributed by atoms with Crippen molar-refractivity contribution in [3.63, 3.8) is 0 Å². The second-order valence-corrected chi connectivity index (χ2v) is 7.04. The normalized spacial score (nSPS) is 16.7. The first-order valence-electron chi connectivity index (χ1n) is 9.38. The minimum Gasteiger partial charge on any atom is -0.381 e. The number of hydrogen-bond donors (Lipinski definition) is 2. The molecule has 2 N–H and O–H groups in total. The van der Waals surface area contributed by atoms with Gasteiger partial charge in [-0.25, -0.2) is 0 Å². The molecule has 0 bridgehead atoms. The fraction of sp³-hybridized carbons (Fsp3) is 0.600. The van der Waals surface area contributed by atoms with Crippen LogP contribution in [0.3, 0.4) is 0 Å². The minimum atomic E-state index is -0.115. The Bertz CT molecular complexity index is 583. The largest absolute Gasteiger partial charge is 0.381 e. The Morgan fingerprint density at radius 3 is 2.88 bits per heavy atom. The molecule has 0 saturated carbocycles. The van der Waals surface area contributed by atoms with Crippen molar-refractivity contribution in [2.24, 2.45) is 5.92 Å². The third kappa shape index (κ3) is 7.54. The lowest BCUT2D eigenvalue weighted by Crippen LogP contribution is -2.31. The predicted molar refractivity (Wildman–Crippen MR) is 99.9 cm³/mol. The second kappa shape index (κ2) is 10.9. The van der Waals surface area contributed by atoms with E-state index in [2.05, 4.69) is 24.5 Å². The molecule has 1 saturated heterocycles. The summed E-state index contributed by atoms with van der Waals surface area (Å²) in [6.45, 7) is 6.95. The zero-order chi connectivity index (χ0) is 18.8. The molecule has 1 heterocycles. The molecule has 1 unspecified atom stereocenters. The van der Waals surface area contributed by atoms with Gasteiger partial charge in [0.25, 0.3) is 5.91 Å². The lowest BCUT2D eigenvalue weighted by molar-refractivity contribution is -0.122. The lowest BCUT2D eigenvalue weighted by atomic mass is 10.1. The van der Waals surface area contributed by atoms with Crippen LogP contribution in [0.4, 0.5) is 0 Å². The van der Waals surface area contributed by atoms with E-state index in [0.717, 1.165) is 25.0 Å². The van der Waals surface area contributed by atoms with E-state index in [1.807, 2.05) is 12.1 Å². The summed E-state index contributed by atoms with van der Waals surface area (Å²) >= 11 is 0. The van der Waals surface area contributed by atoms with Crippen molar-refractivity contribution >= 4 is 11.8 Å². The van der Waals surface area contributed by atoms with Gasteiger partial charge in [0, 0.05) is 38.3 Å². The highest BCUT2D eigenvalue weighted by atomic mass is 16.5. The van der Waals surface area contributed by atoms with Crippen LogP contribution in [0.15, 0.2) is 24.3 Å². The summed E-state index contributed by atoms with van der Waals surface area (Å²) in [6.07, 6.45) is 2.51. The quantitative estimate of drug-likeness (QED) is 0.626. The van der Waals surface area contributed by atoms with Crippen LogP contribution in [0.25, 0.3) is 0 Å². The van der Waals surface area contributed by atoms with Crippen LogP contribution in [-0.4, -0.2) is 44.3 Å². The van der Waals surface area contributed by atoms with Gasteiger partial charge in [0.05, 0.1) is 12.7 Å². The molecule has 6 heteroatoms. The number of benzene rings is 1. The van der Waals surface area contributed by atoms with E-state index in [9.17, 15) is 9.59 Å². The highest BCUT2D eigenvalue weighted by Gasteiger charge is 2.16. The summed E-state index contributed by atoms with van der Waals surface area (Å²) in [5, 5.41) is 5.77. The molecule has 2 rings (SSSR count). The highest BCUT2D eigenvalue weighted by Crippen LogP contribution is 2.11. The van der Waals surface area contributed by atoms with Gasteiger partial charge in [-0.15, -0.1) is 0 Å². The molecule has 26 heavy (non-hydrogen) atoms. The van der Waals surface area contributed by atoms with E-state index in [1.165, 1.54) is 0 Å². The Morgan fingerprint density at radius 2 is 2.15 bits per heavy atom. The maximum atomic E-state index is 12.3. The molecule has 1 aliphatic heterocycles. The Kier molecular flexibility index (Phi) is 8.58. The van der Waals surface area contributed by atoms with Crippen LogP contribution in [-0.2, 0) is 20.8 Å². The van der Waals surface area contributed by atoms with E-state index in [-0.39, 0.29) is 17.9 Å². The van der Waals surface area contributed by atoms with Gasteiger partial charge in [-0.1, -0.05) is 26.0 Å². The SMILES string of the molecule is CC(C)COCCC(=O)NCc1cccc(C(=O)NCC2CCCO2)c1. The predicted octanol–water partition coefficient (Wildman–Crippen LogP) is 2.27. The van der Waals surface area contributed by atoms with Gasteiger partial charge in [-0.2, -0.15) is 0 Å². The fourth-order valence-electron chi connectivity index (χ4n) is 2.71. The Morgan fingerprint density at radius 1 is 1.31 bits per heavy atom. The molecule has 0 spiro atoms. The van der Waals surface area contributed by atoms with Crippen LogP contribution in [0, 0.1) is 5.92 Å². The van der Waals surface area contributed by atoms with Gasteiger partial charge in [-0.05, 0) is 36.5 Å². The number of rotatable bonds is 10. The van der Waals surface area contributed by atoms with E-state index >= 15 is 0 Å². The molecule has 1 aromatic carbocycles. The van der Waals surface area contributed by atoms with Crippen LogP contribution in [0.1, 0.15) is 49.0 Å². The molecular weight excluding hydrogens is 332 g/mol. The lowest BCUT2D eigenvalue weighted by Gasteiger charge is -2.11. The molecule has 1 atom stereocenters. The molecular formula is C20H30N2O4. The van der Waals surface area contributed by atoms with Crippen LogP contribution in [0.5, 0.6) is 0 Å². The average molecular weight is 362 g/mol. The van der Waals surface area contributed by atoms with E-state index in [4.69, 9.17) is 9.47 Å². The summed E-state index contributed by atoms with van der Waals surface area (Å²) in [6, 6.07) is 7.30. The topological polar surface area (TPSA) is 76.7 Å². The molecule has 0 aliphatic carbocycles. The minimum absolute atomic E-state index is 0.0537. The number of ether oxygens (including phenoxy) is 2. The van der Waals surface area contributed by atoms with Gasteiger partial charge in [0.2, 0.25) is 5.91 Å². The third-order valence-corrected chi connectivity index (χ3v) is 4.12. The molecule has 1 aromatic rings. The van der Waals surface area contributed by atoms with Crippen LogP contribution in [0.2, 0.25) is 0 Å². The maximum absolute atomic E-state index is 12.3. The standard InChI is InChI=1S/C20H30N2O4/c1-15(2)14-25-10-8-19(23)21-12-16-5-3-6-17(11-16)20(24)22-13-18-7-4-9-26-18/h3,5-6,11,15,18H,4,7-10,12-14H2,1-2H3,(H,21,23)(H,22,24). The zero-order valence-electron chi connectivity index (χ0n) is 15.8. The Labute approximate surface area is 155 Å². The van der Waals surface area contributed by atoms with Crippen molar-refractivity contribution < 1.29 is 19.1 Å².